The van der Waals surface area contributed by atoms with Crippen LogP contribution in [0.3, 0.4) is 0 Å². The quantitative estimate of drug-likeness (QED) is 0.537. The van der Waals surface area contributed by atoms with Gasteiger partial charge in [0.05, 0.1) is 6.61 Å². The number of aliphatic hydroxyl groups is 1. The summed E-state index contributed by atoms with van der Waals surface area (Å²) in [7, 11) is 1.62. The smallest absolute Gasteiger partial charge is 0.221 e. The lowest BCUT2D eigenvalue weighted by Crippen LogP contribution is -2.39. The first-order valence-electron chi connectivity index (χ1n) is 4.66. The fourth-order valence-electron chi connectivity index (χ4n) is 1.01. The predicted molar refractivity (Wildman–Crippen MR) is 52.4 cm³/mol. The molecule has 4 heteroatoms. The summed E-state index contributed by atoms with van der Waals surface area (Å²) in [6.45, 7) is 4.80. The first kappa shape index (κ1) is 12.4. The maximum absolute atomic E-state index is 10.8. The lowest BCUT2D eigenvalue weighted by molar-refractivity contribution is -0.120. The molecule has 0 aliphatic rings. The molecule has 0 aliphatic carbocycles. The summed E-state index contributed by atoms with van der Waals surface area (Å²) in [5.41, 5.74) is 0. The van der Waals surface area contributed by atoms with Crippen molar-refractivity contribution in [2.24, 2.45) is 5.92 Å². The molecule has 0 aromatic rings. The average Bonchev–Trinajstić information content (AvgIpc) is 2.11. The summed E-state index contributed by atoms with van der Waals surface area (Å²) in [5, 5.41) is 14.6. The van der Waals surface area contributed by atoms with Crippen LogP contribution in [-0.2, 0) is 4.79 Å². The molecule has 0 fully saturated rings. The normalized spacial score (nSPS) is 13.0. The van der Waals surface area contributed by atoms with Crippen LogP contribution in [0.5, 0.6) is 0 Å². The Kier molecular flexibility index (Phi) is 6.54. The molecule has 0 radical (unpaired) electrons. The van der Waals surface area contributed by atoms with E-state index in [0.29, 0.717) is 18.9 Å². The minimum Gasteiger partial charge on any atom is -0.395 e. The maximum atomic E-state index is 10.8. The van der Waals surface area contributed by atoms with Crippen LogP contribution < -0.4 is 10.6 Å². The van der Waals surface area contributed by atoms with E-state index >= 15 is 0 Å². The largest absolute Gasteiger partial charge is 0.395 e. The summed E-state index contributed by atoms with van der Waals surface area (Å²) in [6, 6.07) is 0.0876. The number of carbonyl (C=O) groups is 1. The van der Waals surface area contributed by atoms with Crippen molar-refractivity contribution in [1.82, 2.24) is 10.6 Å². The molecule has 78 valence electrons. The first-order valence-corrected chi connectivity index (χ1v) is 4.66. The fourth-order valence-corrected chi connectivity index (χ4v) is 1.01. The molecule has 0 bridgehead atoms. The predicted octanol–water partition coefficient (Wildman–Crippen LogP) is -0.271. The van der Waals surface area contributed by atoms with Crippen molar-refractivity contribution < 1.29 is 9.90 Å². The zero-order valence-corrected chi connectivity index (χ0v) is 8.63. The number of hydrogen-bond acceptors (Lipinski definition) is 3. The average molecular weight is 188 g/mol. The molecule has 1 atom stereocenters. The highest BCUT2D eigenvalue weighted by Gasteiger charge is 2.10. The zero-order valence-electron chi connectivity index (χ0n) is 8.63. The molecule has 0 aliphatic heterocycles. The molecule has 0 heterocycles. The standard InChI is InChI=1S/C9H20N2O2/c1-7(2)8(6-12)11-5-4-9(13)10-3/h7-8,11-12H,4-6H2,1-3H3,(H,10,13)/t8-/m1/s1. The first-order chi connectivity index (χ1) is 6.11. The van der Waals surface area contributed by atoms with Gasteiger partial charge < -0.3 is 15.7 Å². The molecular weight excluding hydrogens is 168 g/mol. The second kappa shape index (κ2) is 6.86. The molecule has 13 heavy (non-hydrogen) atoms. The van der Waals surface area contributed by atoms with Gasteiger partial charge in [-0.15, -0.1) is 0 Å². The second-order valence-electron chi connectivity index (χ2n) is 3.41. The van der Waals surface area contributed by atoms with Crippen LogP contribution in [0.2, 0.25) is 0 Å². The second-order valence-corrected chi connectivity index (χ2v) is 3.41. The monoisotopic (exact) mass is 188 g/mol. The molecule has 1 amide bonds. The van der Waals surface area contributed by atoms with E-state index in [4.69, 9.17) is 5.11 Å². The summed E-state index contributed by atoms with van der Waals surface area (Å²) in [6.07, 6.45) is 0.458. The molecule has 0 aromatic carbocycles. The third-order valence-electron chi connectivity index (χ3n) is 2.04. The van der Waals surface area contributed by atoms with Crippen molar-refractivity contribution in [3.63, 3.8) is 0 Å². The summed E-state index contributed by atoms with van der Waals surface area (Å²) in [4.78, 5) is 10.8. The van der Waals surface area contributed by atoms with E-state index in [2.05, 4.69) is 10.6 Å². The third kappa shape index (κ3) is 5.60. The van der Waals surface area contributed by atoms with Gasteiger partial charge in [-0.1, -0.05) is 13.8 Å². The van der Waals surface area contributed by atoms with Crippen LogP contribution in [0.4, 0.5) is 0 Å². The zero-order chi connectivity index (χ0) is 10.3. The van der Waals surface area contributed by atoms with Crippen LogP contribution >= 0.6 is 0 Å². The Morgan fingerprint density at radius 2 is 2.08 bits per heavy atom. The van der Waals surface area contributed by atoms with Crippen LogP contribution in [0.15, 0.2) is 0 Å². The number of amides is 1. The van der Waals surface area contributed by atoms with Crippen LogP contribution in [0.1, 0.15) is 20.3 Å². The van der Waals surface area contributed by atoms with Crippen molar-refractivity contribution in [3.05, 3.63) is 0 Å². The number of nitrogens with one attached hydrogen (secondary N) is 2. The maximum Gasteiger partial charge on any atom is 0.221 e. The minimum atomic E-state index is 0.0212. The summed E-state index contributed by atoms with van der Waals surface area (Å²) < 4.78 is 0. The van der Waals surface area contributed by atoms with Gasteiger partial charge in [-0.3, -0.25) is 4.79 Å². The summed E-state index contributed by atoms with van der Waals surface area (Å²) >= 11 is 0. The van der Waals surface area contributed by atoms with Crippen molar-refractivity contribution in [2.75, 3.05) is 20.2 Å². The summed E-state index contributed by atoms with van der Waals surface area (Å²) in [5.74, 6) is 0.405. The highest BCUT2D eigenvalue weighted by Crippen LogP contribution is 1.99. The van der Waals surface area contributed by atoms with Gasteiger partial charge in [-0.25, -0.2) is 0 Å². The molecule has 0 saturated carbocycles. The van der Waals surface area contributed by atoms with Crippen molar-refractivity contribution in [1.29, 1.82) is 0 Å². The molecular formula is C9H20N2O2. The Bertz CT molecular complexity index is 149. The number of aliphatic hydroxyl groups excluding tert-OH is 1. The van der Waals surface area contributed by atoms with E-state index in [1.807, 2.05) is 13.8 Å². The molecule has 0 spiro atoms. The lowest BCUT2D eigenvalue weighted by atomic mass is 10.1. The van der Waals surface area contributed by atoms with Gasteiger partial charge in [0.15, 0.2) is 0 Å². The molecule has 0 aromatic heterocycles. The van der Waals surface area contributed by atoms with Crippen molar-refractivity contribution in [2.45, 2.75) is 26.3 Å². The lowest BCUT2D eigenvalue weighted by Gasteiger charge is -2.19. The van der Waals surface area contributed by atoms with Gasteiger partial charge in [0.2, 0.25) is 5.91 Å². The Hall–Kier alpha value is -0.610. The van der Waals surface area contributed by atoms with Gasteiger partial charge in [-0.05, 0) is 5.92 Å². The molecule has 0 saturated heterocycles. The van der Waals surface area contributed by atoms with E-state index in [9.17, 15) is 4.79 Å². The molecule has 3 N–H and O–H groups in total. The van der Waals surface area contributed by atoms with Gasteiger partial charge in [-0.2, -0.15) is 0 Å². The van der Waals surface area contributed by atoms with Gasteiger partial charge in [0.25, 0.3) is 0 Å². The van der Waals surface area contributed by atoms with Crippen LogP contribution in [0, 0.1) is 5.92 Å². The van der Waals surface area contributed by atoms with E-state index in [0.717, 1.165) is 0 Å². The topological polar surface area (TPSA) is 61.4 Å². The molecule has 0 rings (SSSR count). The number of carbonyl (C=O) groups excluding carboxylic acids is 1. The van der Waals surface area contributed by atoms with Crippen LogP contribution in [0.25, 0.3) is 0 Å². The SMILES string of the molecule is CNC(=O)CCN[C@H](CO)C(C)C. The molecule has 0 unspecified atom stereocenters. The molecule has 4 nitrogen and oxygen atoms in total. The van der Waals surface area contributed by atoms with Crippen LogP contribution in [-0.4, -0.2) is 37.3 Å². The van der Waals surface area contributed by atoms with E-state index in [-0.39, 0.29) is 18.6 Å². The third-order valence-corrected chi connectivity index (χ3v) is 2.04. The Balaban J connectivity index is 3.55. The Labute approximate surface area is 79.7 Å². The number of hydrogen-bond donors (Lipinski definition) is 3. The van der Waals surface area contributed by atoms with Gasteiger partial charge in [0.1, 0.15) is 0 Å². The Morgan fingerprint density at radius 1 is 1.46 bits per heavy atom. The van der Waals surface area contributed by atoms with E-state index < -0.39 is 0 Å². The van der Waals surface area contributed by atoms with E-state index in [1.54, 1.807) is 7.05 Å². The highest BCUT2D eigenvalue weighted by atomic mass is 16.3. The van der Waals surface area contributed by atoms with E-state index in [1.165, 1.54) is 0 Å². The number of rotatable bonds is 6. The minimum absolute atomic E-state index is 0.0212. The van der Waals surface area contributed by atoms with Crippen molar-refractivity contribution in [3.8, 4) is 0 Å². The highest BCUT2D eigenvalue weighted by molar-refractivity contribution is 5.75. The fraction of sp³-hybridized carbons (Fsp3) is 0.889. The van der Waals surface area contributed by atoms with Gasteiger partial charge in [0, 0.05) is 26.1 Å². The van der Waals surface area contributed by atoms with Crippen molar-refractivity contribution >= 4 is 5.91 Å². The Morgan fingerprint density at radius 3 is 2.46 bits per heavy atom. The van der Waals surface area contributed by atoms with Gasteiger partial charge >= 0.3 is 0 Å².